The van der Waals surface area contributed by atoms with E-state index in [2.05, 4.69) is 17.2 Å². The van der Waals surface area contributed by atoms with Crippen molar-refractivity contribution in [3.63, 3.8) is 0 Å². The van der Waals surface area contributed by atoms with E-state index in [1.165, 1.54) is 4.88 Å². The van der Waals surface area contributed by atoms with Gasteiger partial charge in [-0.05, 0) is 38.1 Å². The van der Waals surface area contributed by atoms with Gasteiger partial charge in [-0.25, -0.2) is 4.98 Å². The summed E-state index contributed by atoms with van der Waals surface area (Å²) in [7, 11) is 0. The van der Waals surface area contributed by atoms with Crippen molar-refractivity contribution in [2.24, 2.45) is 0 Å². The molecule has 0 fully saturated rings. The lowest BCUT2D eigenvalue weighted by Gasteiger charge is -2.14. The van der Waals surface area contributed by atoms with E-state index in [1.54, 1.807) is 23.5 Å². The number of anilines is 1. The molecular formula is C13H14F2N2S2. The van der Waals surface area contributed by atoms with E-state index in [0.29, 0.717) is 16.7 Å². The van der Waals surface area contributed by atoms with Gasteiger partial charge in [-0.15, -0.1) is 11.3 Å². The molecular weight excluding hydrogens is 286 g/mol. The van der Waals surface area contributed by atoms with E-state index in [9.17, 15) is 8.78 Å². The fraction of sp³-hybridized carbons (Fsp3) is 0.308. The number of aromatic nitrogens is 1. The maximum atomic E-state index is 12.2. The Morgan fingerprint density at radius 3 is 2.47 bits per heavy atom. The predicted molar refractivity (Wildman–Crippen MR) is 77.2 cm³/mol. The van der Waals surface area contributed by atoms with Crippen molar-refractivity contribution in [1.82, 2.24) is 4.98 Å². The third-order valence-corrected chi connectivity index (χ3v) is 4.47. The van der Waals surface area contributed by atoms with Crippen LogP contribution in [0.25, 0.3) is 0 Å². The monoisotopic (exact) mass is 300 g/mol. The van der Waals surface area contributed by atoms with Gasteiger partial charge in [-0.1, -0.05) is 11.8 Å². The van der Waals surface area contributed by atoms with Crippen molar-refractivity contribution in [2.45, 2.75) is 30.5 Å². The van der Waals surface area contributed by atoms with Crippen molar-refractivity contribution in [3.05, 3.63) is 40.3 Å². The molecule has 1 aromatic carbocycles. The average molecular weight is 300 g/mol. The van der Waals surface area contributed by atoms with Gasteiger partial charge in [-0.3, -0.25) is 0 Å². The first kappa shape index (κ1) is 14.3. The van der Waals surface area contributed by atoms with Crippen LogP contribution in [0.4, 0.5) is 14.5 Å². The second-order valence-corrected chi connectivity index (χ2v) is 6.02. The van der Waals surface area contributed by atoms with Crippen molar-refractivity contribution >= 4 is 28.8 Å². The fourth-order valence-corrected chi connectivity index (χ4v) is 3.08. The molecule has 2 rings (SSSR count). The number of alkyl halides is 2. The Morgan fingerprint density at radius 1 is 1.26 bits per heavy atom. The smallest absolute Gasteiger partial charge is 0.288 e. The normalized spacial score (nSPS) is 12.7. The van der Waals surface area contributed by atoms with Crippen LogP contribution >= 0.6 is 23.1 Å². The zero-order valence-corrected chi connectivity index (χ0v) is 12.2. The van der Waals surface area contributed by atoms with E-state index >= 15 is 0 Å². The highest BCUT2D eigenvalue weighted by Crippen LogP contribution is 2.28. The molecule has 0 amide bonds. The Labute approximate surface area is 119 Å². The van der Waals surface area contributed by atoms with E-state index in [1.807, 2.05) is 24.6 Å². The standard InChI is InChI=1S/C13H14F2N2S2/c1-8-12(18-7-16-8)9(2)17-10-3-5-11(6-4-10)19-13(14)15/h3-7,9,13,17H,1-2H3. The summed E-state index contributed by atoms with van der Waals surface area (Å²) < 4.78 is 24.4. The van der Waals surface area contributed by atoms with Gasteiger partial charge >= 0.3 is 0 Å². The average Bonchev–Trinajstić information content (AvgIpc) is 2.77. The number of nitrogens with one attached hydrogen (secondary N) is 1. The minimum absolute atomic E-state index is 0.154. The second kappa shape index (κ2) is 6.34. The number of nitrogens with zero attached hydrogens (tertiary/aromatic N) is 1. The lowest BCUT2D eigenvalue weighted by molar-refractivity contribution is 0.252. The van der Waals surface area contributed by atoms with Crippen LogP contribution in [0.1, 0.15) is 23.5 Å². The quantitative estimate of drug-likeness (QED) is 0.792. The molecule has 6 heteroatoms. The summed E-state index contributed by atoms with van der Waals surface area (Å²) >= 11 is 2.17. The Kier molecular flexibility index (Phi) is 4.76. The van der Waals surface area contributed by atoms with Gasteiger partial charge in [-0.2, -0.15) is 8.78 Å². The Morgan fingerprint density at radius 2 is 1.95 bits per heavy atom. The Balaban J connectivity index is 2.01. The minimum Gasteiger partial charge on any atom is -0.378 e. The number of aryl methyl sites for hydroxylation is 1. The highest BCUT2D eigenvalue weighted by Gasteiger charge is 2.11. The molecule has 1 N–H and O–H groups in total. The summed E-state index contributed by atoms with van der Waals surface area (Å²) in [4.78, 5) is 5.98. The van der Waals surface area contributed by atoms with Gasteiger partial charge < -0.3 is 5.32 Å². The van der Waals surface area contributed by atoms with Crippen LogP contribution in [0, 0.1) is 6.92 Å². The van der Waals surface area contributed by atoms with Gasteiger partial charge in [0.25, 0.3) is 5.76 Å². The molecule has 19 heavy (non-hydrogen) atoms. The maximum Gasteiger partial charge on any atom is 0.288 e. The summed E-state index contributed by atoms with van der Waals surface area (Å²) in [5, 5.41) is 3.34. The van der Waals surface area contributed by atoms with Crippen LogP contribution in [0.2, 0.25) is 0 Å². The zero-order chi connectivity index (χ0) is 13.8. The summed E-state index contributed by atoms with van der Waals surface area (Å²) in [5.74, 6) is -2.38. The first-order valence-corrected chi connectivity index (χ1v) is 7.53. The fourth-order valence-electron chi connectivity index (χ4n) is 1.77. The van der Waals surface area contributed by atoms with Gasteiger partial charge in [0.05, 0.1) is 17.2 Å². The maximum absolute atomic E-state index is 12.2. The topological polar surface area (TPSA) is 24.9 Å². The molecule has 0 saturated carbocycles. The lowest BCUT2D eigenvalue weighted by Crippen LogP contribution is -2.06. The van der Waals surface area contributed by atoms with Crippen molar-refractivity contribution in [1.29, 1.82) is 0 Å². The number of benzene rings is 1. The predicted octanol–water partition coefficient (Wildman–Crippen LogP) is 4.94. The number of rotatable bonds is 5. The number of hydrogen-bond donors (Lipinski definition) is 1. The van der Waals surface area contributed by atoms with Gasteiger partial charge in [0.2, 0.25) is 0 Å². The molecule has 2 aromatic rings. The molecule has 1 aromatic heterocycles. The van der Waals surface area contributed by atoms with Crippen molar-refractivity contribution in [2.75, 3.05) is 5.32 Å². The zero-order valence-electron chi connectivity index (χ0n) is 10.6. The molecule has 1 heterocycles. The van der Waals surface area contributed by atoms with Crippen LogP contribution in [-0.2, 0) is 0 Å². The van der Waals surface area contributed by atoms with Gasteiger partial charge in [0.15, 0.2) is 0 Å². The highest BCUT2D eigenvalue weighted by atomic mass is 32.2. The summed E-state index contributed by atoms with van der Waals surface area (Å²) in [6.07, 6.45) is 0. The molecule has 0 bridgehead atoms. The summed E-state index contributed by atoms with van der Waals surface area (Å²) in [6.45, 7) is 4.04. The molecule has 0 aliphatic rings. The number of thiazole rings is 1. The van der Waals surface area contributed by atoms with E-state index < -0.39 is 5.76 Å². The van der Waals surface area contributed by atoms with Crippen LogP contribution in [0.5, 0.6) is 0 Å². The van der Waals surface area contributed by atoms with E-state index in [4.69, 9.17) is 0 Å². The third kappa shape index (κ3) is 3.91. The molecule has 2 nitrogen and oxygen atoms in total. The van der Waals surface area contributed by atoms with Crippen molar-refractivity contribution in [3.8, 4) is 0 Å². The Bertz CT molecular complexity index is 526. The van der Waals surface area contributed by atoms with Crippen LogP contribution in [0.15, 0.2) is 34.7 Å². The first-order valence-electron chi connectivity index (χ1n) is 5.77. The number of thioether (sulfide) groups is 1. The van der Waals surface area contributed by atoms with Gasteiger partial charge in [0.1, 0.15) is 0 Å². The number of hydrogen-bond acceptors (Lipinski definition) is 4. The van der Waals surface area contributed by atoms with E-state index in [-0.39, 0.29) is 6.04 Å². The highest BCUT2D eigenvalue weighted by molar-refractivity contribution is 7.99. The molecule has 0 radical (unpaired) electrons. The van der Waals surface area contributed by atoms with Crippen LogP contribution < -0.4 is 5.32 Å². The lowest BCUT2D eigenvalue weighted by atomic mass is 10.2. The molecule has 1 unspecified atom stereocenters. The van der Waals surface area contributed by atoms with Crippen molar-refractivity contribution < 1.29 is 8.78 Å². The summed E-state index contributed by atoms with van der Waals surface area (Å²) in [6, 6.07) is 7.19. The second-order valence-electron chi connectivity index (χ2n) is 4.07. The molecule has 1 atom stereocenters. The minimum atomic E-state index is -2.38. The molecule has 0 spiro atoms. The van der Waals surface area contributed by atoms with Crippen LogP contribution in [0.3, 0.4) is 0 Å². The van der Waals surface area contributed by atoms with E-state index in [0.717, 1.165) is 11.4 Å². The van der Waals surface area contributed by atoms with Gasteiger partial charge in [0, 0.05) is 15.5 Å². The SMILES string of the molecule is Cc1ncsc1C(C)Nc1ccc(SC(F)F)cc1. The number of halogens is 2. The van der Waals surface area contributed by atoms with Crippen LogP contribution in [-0.4, -0.2) is 10.7 Å². The summed E-state index contributed by atoms with van der Waals surface area (Å²) in [5.41, 5.74) is 3.76. The molecule has 102 valence electrons. The third-order valence-electron chi connectivity index (χ3n) is 2.64. The first-order chi connectivity index (χ1) is 9.06. The molecule has 0 aliphatic carbocycles. The molecule has 0 saturated heterocycles. The molecule has 0 aliphatic heterocycles. The Hall–Kier alpha value is -1.14. The largest absolute Gasteiger partial charge is 0.378 e.